The fourth-order valence-corrected chi connectivity index (χ4v) is 2.48. The van der Waals surface area contributed by atoms with E-state index in [2.05, 4.69) is 64.3 Å². The zero-order valence-electron chi connectivity index (χ0n) is 11.8. The van der Waals surface area contributed by atoms with Gasteiger partial charge in [-0.15, -0.1) is 0 Å². The number of aryl methyl sites for hydroxylation is 1. The van der Waals surface area contributed by atoms with Gasteiger partial charge in [0.2, 0.25) is 0 Å². The largest absolute Gasteiger partial charge is 0.399 e. The number of benzene rings is 2. The van der Waals surface area contributed by atoms with Gasteiger partial charge in [0.05, 0.1) is 0 Å². The van der Waals surface area contributed by atoms with Crippen LogP contribution in [0.1, 0.15) is 17.5 Å². The molecule has 0 aromatic heterocycles. The van der Waals surface area contributed by atoms with Crippen LogP contribution in [0.25, 0.3) is 0 Å². The first-order valence-corrected chi connectivity index (χ1v) is 7.70. The topological polar surface area (TPSA) is 29.3 Å². The number of nitrogens with two attached hydrogens (primary N) is 1. The van der Waals surface area contributed by atoms with Crippen molar-refractivity contribution in [2.75, 3.05) is 19.3 Å². The minimum absolute atomic E-state index is 0.834. The van der Waals surface area contributed by atoms with Gasteiger partial charge in [0.25, 0.3) is 0 Å². The number of nitrogens with zero attached hydrogens (tertiary/aromatic N) is 1. The Morgan fingerprint density at radius 2 is 1.55 bits per heavy atom. The highest BCUT2D eigenvalue weighted by Gasteiger charge is 2.01. The Bertz CT molecular complexity index is 520. The summed E-state index contributed by atoms with van der Waals surface area (Å²) in [4.78, 5) is 2.36. The Labute approximate surface area is 129 Å². The van der Waals surface area contributed by atoms with Crippen molar-refractivity contribution in [2.24, 2.45) is 0 Å². The van der Waals surface area contributed by atoms with Gasteiger partial charge in [-0.3, -0.25) is 0 Å². The van der Waals surface area contributed by atoms with E-state index in [1.165, 1.54) is 11.1 Å². The van der Waals surface area contributed by atoms with Gasteiger partial charge in [-0.2, -0.15) is 0 Å². The van der Waals surface area contributed by atoms with Crippen molar-refractivity contribution in [1.82, 2.24) is 4.90 Å². The summed E-state index contributed by atoms with van der Waals surface area (Å²) in [5.41, 5.74) is 9.23. The van der Waals surface area contributed by atoms with E-state index in [0.717, 1.165) is 36.1 Å². The molecule has 0 heterocycles. The molecule has 2 aromatic rings. The first-order valence-electron chi connectivity index (χ1n) is 6.91. The Kier molecular flexibility index (Phi) is 5.62. The zero-order chi connectivity index (χ0) is 14.4. The lowest BCUT2D eigenvalue weighted by atomic mass is 10.1. The maximum absolute atomic E-state index is 5.69. The third-order valence-electron chi connectivity index (χ3n) is 3.35. The smallest absolute Gasteiger partial charge is 0.0314 e. The first-order chi connectivity index (χ1) is 9.63. The number of rotatable bonds is 6. The van der Waals surface area contributed by atoms with Gasteiger partial charge in [0, 0.05) is 16.7 Å². The summed E-state index contributed by atoms with van der Waals surface area (Å²) in [5.74, 6) is 0. The Morgan fingerprint density at radius 3 is 2.20 bits per heavy atom. The molecule has 3 heteroatoms. The molecule has 0 aliphatic carbocycles. The summed E-state index contributed by atoms with van der Waals surface area (Å²) in [7, 11) is 2.17. The predicted octanol–water partition coefficient (Wildman–Crippen LogP) is 4.10. The van der Waals surface area contributed by atoms with Gasteiger partial charge in [0.15, 0.2) is 0 Å². The molecule has 0 saturated carbocycles. The highest BCUT2D eigenvalue weighted by atomic mass is 79.9. The highest BCUT2D eigenvalue weighted by molar-refractivity contribution is 9.10. The first kappa shape index (κ1) is 15.1. The number of nitrogen functional groups attached to an aromatic ring is 1. The third-order valence-corrected chi connectivity index (χ3v) is 3.88. The molecule has 20 heavy (non-hydrogen) atoms. The molecule has 2 nitrogen and oxygen atoms in total. The van der Waals surface area contributed by atoms with Crippen LogP contribution in [0.4, 0.5) is 5.69 Å². The molecule has 2 N–H and O–H groups in total. The second-order valence-electron chi connectivity index (χ2n) is 5.21. The Hall–Kier alpha value is -1.32. The lowest BCUT2D eigenvalue weighted by Crippen LogP contribution is -2.19. The van der Waals surface area contributed by atoms with E-state index in [9.17, 15) is 0 Å². The standard InChI is InChI=1S/C17H21BrN2/c1-20(13-15-4-8-16(18)9-5-15)12-2-3-14-6-10-17(19)11-7-14/h4-11H,2-3,12-13,19H2,1H3. The number of halogens is 1. The quantitative estimate of drug-likeness (QED) is 0.807. The molecule has 2 aromatic carbocycles. The molecule has 0 amide bonds. The minimum Gasteiger partial charge on any atom is -0.399 e. The third kappa shape index (κ3) is 4.99. The lowest BCUT2D eigenvalue weighted by Gasteiger charge is -2.16. The summed E-state index contributed by atoms with van der Waals surface area (Å²) < 4.78 is 1.13. The van der Waals surface area contributed by atoms with E-state index in [4.69, 9.17) is 5.73 Å². The van der Waals surface area contributed by atoms with Crippen LogP contribution in [-0.2, 0) is 13.0 Å². The monoisotopic (exact) mass is 332 g/mol. The van der Waals surface area contributed by atoms with Crippen LogP contribution < -0.4 is 5.73 Å². The summed E-state index contributed by atoms with van der Waals surface area (Å²) in [5, 5.41) is 0. The molecule has 0 unspecified atom stereocenters. The summed E-state index contributed by atoms with van der Waals surface area (Å²) in [6.07, 6.45) is 2.27. The summed E-state index contributed by atoms with van der Waals surface area (Å²) >= 11 is 3.46. The van der Waals surface area contributed by atoms with Crippen LogP contribution in [0, 0.1) is 0 Å². The van der Waals surface area contributed by atoms with Crippen molar-refractivity contribution < 1.29 is 0 Å². The summed E-state index contributed by atoms with van der Waals surface area (Å²) in [6, 6.07) is 16.7. The van der Waals surface area contributed by atoms with Crippen molar-refractivity contribution in [2.45, 2.75) is 19.4 Å². The molecule has 106 valence electrons. The van der Waals surface area contributed by atoms with Gasteiger partial charge in [-0.25, -0.2) is 0 Å². The van der Waals surface area contributed by atoms with Crippen molar-refractivity contribution in [3.63, 3.8) is 0 Å². The molecule has 0 bridgehead atoms. The van der Waals surface area contributed by atoms with Gasteiger partial charge in [0.1, 0.15) is 0 Å². The average Bonchev–Trinajstić information content (AvgIpc) is 2.44. The lowest BCUT2D eigenvalue weighted by molar-refractivity contribution is 0.322. The molecule has 0 aliphatic heterocycles. The van der Waals surface area contributed by atoms with Gasteiger partial charge in [-0.1, -0.05) is 40.2 Å². The number of hydrogen-bond acceptors (Lipinski definition) is 2. The fraction of sp³-hybridized carbons (Fsp3) is 0.294. The van der Waals surface area contributed by atoms with Crippen molar-refractivity contribution in [1.29, 1.82) is 0 Å². The van der Waals surface area contributed by atoms with Crippen LogP contribution in [0.15, 0.2) is 53.0 Å². The summed E-state index contributed by atoms with van der Waals surface area (Å²) in [6.45, 7) is 2.09. The van der Waals surface area contributed by atoms with E-state index in [1.807, 2.05) is 12.1 Å². The maximum Gasteiger partial charge on any atom is 0.0314 e. The molecule has 0 spiro atoms. The van der Waals surface area contributed by atoms with Crippen molar-refractivity contribution >= 4 is 21.6 Å². The molecule has 0 radical (unpaired) electrons. The van der Waals surface area contributed by atoms with E-state index >= 15 is 0 Å². The van der Waals surface area contributed by atoms with E-state index < -0.39 is 0 Å². The molecule has 2 rings (SSSR count). The van der Waals surface area contributed by atoms with Crippen LogP contribution >= 0.6 is 15.9 Å². The second kappa shape index (κ2) is 7.46. The second-order valence-corrected chi connectivity index (χ2v) is 6.13. The molecular formula is C17H21BrN2. The van der Waals surface area contributed by atoms with E-state index in [0.29, 0.717) is 0 Å². The normalized spacial score (nSPS) is 10.9. The Balaban J connectivity index is 1.73. The number of anilines is 1. The molecular weight excluding hydrogens is 312 g/mol. The van der Waals surface area contributed by atoms with Gasteiger partial charge >= 0.3 is 0 Å². The van der Waals surface area contributed by atoms with Crippen LogP contribution in [0.3, 0.4) is 0 Å². The Morgan fingerprint density at radius 1 is 0.950 bits per heavy atom. The predicted molar refractivity (Wildman–Crippen MR) is 89.7 cm³/mol. The SMILES string of the molecule is CN(CCCc1ccc(N)cc1)Cc1ccc(Br)cc1. The van der Waals surface area contributed by atoms with Crippen molar-refractivity contribution in [3.05, 3.63) is 64.1 Å². The number of hydrogen-bond donors (Lipinski definition) is 1. The van der Waals surface area contributed by atoms with Crippen LogP contribution in [0.5, 0.6) is 0 Å². The maximum atomic E-state index is 5.69. The molecule has 0 fully saturated rings. The zero-order valence-corrected chi connectivity index (χ0v) is 13.4. The average molecular weight is 333 g/mol. The fourth-order valence-electron chi connectivity index (χ4n) is 2.22. The highest BCUT2D eigenvalue weighted by Crippen LogP contribution is 2.12. The van der Waals surface area contributed by atoms with Crippen molar-refractivity contribution in [3.8, 4) is 0 Å². The van der Waals surface area contributed by atoms with E-state index in [-0.39, 0.29) is 0 Å². The van der Waals surface area contributed by atoms with E-state index in [1.54, 1.807) is 0 Å². The molecule has 0 saturated heterocycles. The van der Waals surface area contributed by atoms with Crippen LogP contribution in [0.2, 0.25) is 0 Å². The van der Waals surface area contributed by atoms with Gasteiger partial charge < -0.3 is 10.6 Å². The molecule has 0 aliphatic rings. The van der Waals surface area contributed by atoms with Gasteiger partial charge in [-0.05, 0) is 61.8 Å². The molecule has 0 atom stereocenters. The minimum atomic E-state index is 0.834. The van der Waals surface area contributed by atoms with Crippen LogP contribution in [-0.4, -0.2) is 18.5 Å².